The largest absolute Gasteiger partial charge is 0.395 e. The molecule has 0 saturated carbocycles. The summed E-state index contributed by atoms with van der Waals surface area (Å²) in [6, 6.07) is 0. The van der Waals surface area contributed by atoms with E-state index in [4.69, 9.17) is 5.11 Å². The van der Waals surface area contributed by atoms with Gasteiger partial charge in [0.15, 0.2) is 0 Å². The molecule has 4 nitrogen and oxygen atoms in total. The number of rotatable bonds is 5. The fraction of sp³-hybridized carbons (Fsp3) is 0.706. The van der Waals surface area contributed by atoms with Crippen molar-refractivity contribution < 1.29 is 9.90 Å². The highest BCUT2D eigenvalue weighted by Gasteiger charge is 2.25. The number of fused-ring (bicyclic) bond motifs is 1. The number of amides is 1. The molecule has 1 fully saturated rings. The molecule has 0 radical (unpaired) electrons. The van der Waals surface area contributed by atoms with Gasteiger partial charge in [-0.15, -0.1) is 11.3 Å². The number of thiophene rings is 1. The standard InChI is InChI=1S/C17H26N2O2S/c20-9-8-19-7-3-4-13(11-19)17(21)18-10-14-12-22-16-6-2-1-5-15(14)16/h12-13,20H,1-11H2,(H,18,21). The third-order valence-electron chi connectivity index (χ3n) is 4.89. The van der Waals surface area contributed by atoms with Gasteiger partial charge >= 0.3 is 0 Å². The van der Waals surface area contributed by atoms with Crippen LogP contribution in [0.4, 0.5) is 0 Å². The minimum absolute atomic E-state index is 0.0785. The summed E-state index contributed by atoms with van der Waals surface area (Å²) in [6.45, 7) is 3.33. The third kappa shape index (κ3) is 3.70. The molecule has 122 valence electrons. The highest BCUT2D eigenvalue weighted by molar-refractivity contribution is 7.10. The Bertz CT molecular complexity index is 513. The zero-order valence-electron chi connectivity index (χ0n) is 13.1. The fourth-order valence-corrected chi connectivity index (χ4v) is 4.80. The number of aryl methyl sites for hydroxylation is 1. The SMILES string of the molecule is O=C(NCc1csc2c1CCCC2)C1CCCN(CCO)C1. The smallest absolute Gasteiger partial charge is 0.224 e. The number of hydrogen-bond donors (Lipinski definition) is 2. The lowest BCUT2D eigenvalue weighted by atomic mass is 9.95. The summed E-state index contributed by atoms with van der Waals surface area (Å²) in [4.78, 5) is 16.1. The van der Waals surface area contributed by atoms with Crippen molar-refractivity contribution in [1.29, 1.82) is 0 Å². The first-order valence-corrected chi connectivity index (χ1v) is 9.35. The molecule has 0 spiro atoms. The van der Waals surface area contributed by atoms with Crippen LogP contribution in [0, 0.1) is 5.92 Å². The van der Waals surface area contributed by atoms with E-state index in [0.29, 0.717) is 13.1 Å². The molecule has 22 heavy (non-hydrogen) atoms. The van der Waals surface area contributed by atoms with Gasteiger partial charge in [0.05, 0.1) is 12.5 Å². The number of aliphatic hydroxyl groups excluding tert-OH is 1. The van der Waals surface area contributed by atoms with E-state index in [1.165, 1.54) is 41.7 Å². The Hall–Kier alpha value is -0.910. The van der Waals surface area contributed by atoms with Crippen molar-refractivity contribution in [3.8, 4) is 0 Å². The van der Waals surface area contributed by atoms with E-state index in [9.17, 15) is 4.79 Å². The van der Waals surface area contributed by atoms with Crippen molar-refractivity contribution in [2.75, 3.05) is 26.2 Å². The van der Waals surface area contributed by atoms with E-state index in [0.717, 1.165) is 25.9 Å². The van der Waals surface area contributed by atoms with Crippen LogP contribution >= 0.6 is 11.3 Å². The predicted octanol–water partition coefficient (Wildman–Crippen LogP) is 1.95. The van der Waals surface area contributed by atoms with Crippen LogP contribution in [-0.4, -0.2) is 42.2 Å². The number of β-amino-alcohol motifs (C(OH)–C–C–N with tert-alkyl or cyclic N) is 1. The number of hydrogen-bond acceptors (Lipinski definition) is 4. The Labute approximate surface area is 136 Å². The first-order chi connectivity index (χ1) is 10.8. The van der Waals surface area contributed by atoms with Gasteiger partial charge in [0.2, 0.25) is 5.91 Å². The van der Waals surface area contributed by atoms with Gasteiger partial charge in [-0.05, 0) is 61.6 Å². The maximum Gasteiger partial charge on any atom is 0.224 e. The van der Waals surface area contributed by atoms with Crippen LogP contribution in [-0.2, 0) is 24.2 Å². The highest BCUT2D eigenvalue weighted by Crippen LogP contribution is 2.30. The van der Waals surface area contributed by atoms with E-state index in [1.54, 1.807) is 0 Å². The monoisotopic (exact) mass is 322 g/mol. The average molecular weight is 322 g/mol. The Kier molecular flexibility index (Phi) is 5.50. The van der Waals surface area contributed by atoms with Crippen molar-refractivity contribution in [3.63, 3.8) is 0 Å². The van der Waals surface area contributed by atoms with Crippen molar-refractivity contribution in [1.82, 2.24) is 10.2 Å². The summed E-state index contributed by atoms with van der Waals surface area (Å²) < 4.78 is 0. The molecule has 2 N–H and O–H groups in total. The van der Waals surface area contributed by atoms with Crippen LogP contribution < -0.4 is 5.32 Å². The van der Waals surface area contributed by atoms with Crippen molar-refractivity contribution in [2.24, 2.45) is 5.92 Å². The summed E-state index contributed by atoms with van der Waals surface area (Å²) in [5.74, 6) is 0.258. The second-order valence-electron chi connectivity index (χ2n) is 6.45. The van der Waals surface area contributed by atoms with Crippen LogP contribution in [0.25, 0.3) is 0 Å². The Morgan fingerprint density at radius 2 is 2.23 bits per heavy atom. The number of carbonyl (C=O) groups is 1. The number of carbonyl (C=O) groups excluding carboxylic acids is 1. The Balaban J connectivity index is 1.52. The molecule has 2 heterocycles. The molecule has 3 rings (SSSR count). The number of nitrogens with one attached hydrogen (secondary N) is 1. The molecule has 1 aromatic rings. The van der Waals surface area contributed by atoms with Crippen LogP contribution in [0.15, 0.2) is 5.38 Å². The first kappa shape index (κ1) is 16.0. The van der Waals surface area contributed by atoms with Crippen LogP contribution in [0.1, 0.15) is 41.7 Å². The van der Waals surface area contributed by atoms with Crippen LogP contribution in [0.2, 0.25) is 0 Å². The summed E-state index contributed by atoms with van der Waals surface area (Å²) in [6.07, 6.45) is 7.00. The zero-order valence-corrected chi connectivity index (χ0v) is 14.0. The molecule has 2 aliphatic rings. The molecule has 1 amide bonds. The minimum atomic E-state index is 0.0785. The van der Waals surface area contributed by atoms with Gasteiger partial charge in [-0.25, -0.2) is 0 Å². The maximum atomic E-state index is 12.4. The Morgan fingerprint density at radius 1 is 1.36 bits per heavy atom. The molecule has 1 aliphatic carbocycles. The fourth-order valence-electron chi connectivity index (χ4n) is 3.65. The zero-order chi connectivity index (χ0) is 15.4. The molecule has 1 unspecified atom stereocenters. The number of aliphatic hydroxyl groups is 1. The van der Waals surface area contributed by atoms with Gasteiger partial charge < -0.3 is 15.3 Å². The van der Waals surface area contributed by atoms with E-state index in [1.807, 2.05) is 11.3 Å². The lowest BCUT2D eigenvalue weighted by Crippen LogP contribution is -2.43. The van der Waals surface area contributed by atoms with E-state index in [2.05, 4.69) is 15.6 Å². The predicted molar refractivity (Wildman–Crippen MR) is 89.1 cm³/mol. The first-order valence-electron chi connectivity index (χ1n) is 8.47. The van der Waals surface area contributed by atoms with E-state index < -0.39 is 0 Å². The number of likely N-dealkylation sites (tertiary alicyclic amines) is 1. The summed E-state index contributed by atoms with van der Waals surface area (Å²) in [7, 11) is 0. The van der Waals surface area contributed by atoms with Gasteiger partial charge in [0, 0.05) is 24.5 Å². The molecule has 0 aromatic carbocycles. The second kappa shape index (κ2) is 7.57. The lowest BCUT2D eigenvalue weighted by molar-refractivity contribution is -0.126. The van der Waals surface area contributed by atoms with Gasteiger partial charge in [0.1, 0.15) is 0 Å². The molecular weight excluding hydrogens is 296 g/mol. The second-order valence-corrected chi connectivity index (χ2v) is 7.42. The summed E-state index contributed by atoms with van der Waals surface area (Å²) in [5.41, 5.74) is 2.83. The van der Waals surface area contributed by atoms with Crippen molar-refractivity contribution in [3.05, 3.63) is 21.4 Å². The maximum absolute atomic E-state index is 12.4. The molecular formula is C17H26N2O2S. The topological polar surface area (TPSA) is 52.6 Å². The summed E-state index contributed by atoms with van der Waals surface area (Å²) >= 11 is 1.86. The quantitative estimate of drug-likeness (QED) is 0.871. The van der Waals surface area contributed by atoms with Crippen LogP contribution in [0.3, 0.4) is 0 Å². The van der Waals surface area contributed by atoms with Gasteiger partial charge in [-0.3, -0.25) is 4.79 Å². The number of nitrogens with zero attached hydrogens (tertiary/aromatic N) is 1. The molecule has 1 atom stereocenters. The third-order valence-corrected chi connectivity index (χ3v) is 6.03. The molecule has 1 aromatic heterocycles. The highest BCUT2D eigenvalue weighted by atomic mass is 32.1. The van der Waals surface area contributed by atoms with Crippen LogP contribution in [0.5, 0.6) is 0 Å². The van der Waals surface area contributed by atoms with Crippen molar-refractivity contribution >= 4 is 17.2 Å². The Morgan fingerprint density at radius 3 is 3.09 bits per heavy atom. The number of piperidine rings is 1. The molecule has 5 heteroatoms. The van der Waals surface area contributed by atoms with E-state index in [-0.39, 0.29) is 18.4 Å². The van der Waals surface area contributed by atoms with E-state index >= 15 is 0 Å². The minimum Gasteiger partial charge on any atom is -0.395 e. The molecule has 1 aliphatic heterocycles. The normalized spacial score (nSPS) is 22.3. The van der Waals surface area contributed by atoms with Crippen molar-refractivity contribution in [2.45, 2.75) is 45.1 Å². The van der Waals surface area contributed by atoms with Gasteiger partial charge in [-0.1, -0.05) is 0 Å². The van der Waals surface area contributed by atoms with Gasteiger partial charge in [0.25, 0.3) is 0 Å². The average Bonchev–Trinajstić information content (AvgIpc) is 2.96. The van der Waals surface area contributed by atoms with Gasteiger partial charge in [-0.2, -0.15) is 0 Å². The summed E-state index contributed by atoms with van der Waals surface area (Å²) in [5, 5.41) is 14.4. The molecule has 1 saturated heterocycles. The molecule has 0 bridgehead atoms. The lowest BCUT2D eigenvalue weighted by Gasteiger charge is -2.31.